The molecule has 2 aromatic heterocycles. The summed E-state index contributed by atoms with van der Waals surface area (Å²) in [6.45, 7) is 0.00690. The number of hydrazine groups is 2. The maximum Gasteiger partial charge on any atom is 0.422 e. The van der Waals surface area contributed by atoms with Crippen LogP contribution in [-0.2, 0) is 13.0 Å². The highest BCUT2D eigenvalue weighted by Gasteiger charge is 2.28. The van der Waals surface area contributed by atoms with E-state index in [9.17, 15) is 13.2 Å². The van der Waals surface area contributed by atoms with Crippen molar-refractivity contribution in [2.45, 2.75) is 25.2 Å². The van der Waals surface area contributed by atoms with Crippen molar-refractivity contribution >= 4 is 0 Å². The highest BCUT2D eigenvalue weighted by molar-refractivity contribution is 5.54. The minimum Gasteiger partial charge on any atom is -0.484 e. The normalized spacial score (nSPS) is 16.7. The van der Waals surface area contributed by atoms with E-state index in [0.717, 1.165) is 23.5 Å². The van der Waals surface area contributed by atoms with E-state index in [-0.39, 0.29) is 11.8 Å². The van der Waals surface area contributed by atoms with Gasteiger partial charge in [-0.25, -0.2) is 15.8 Å². The lowest BCUT2D eigenvalue weighted by Crippen LogP contribution is -2.30. The molecular weight excluding hydrogens is 397 g/mol. The second-order valence-electron chi connectivity index (χ2n) is 6.94. The summed E-state index contributed by atoms with van der Waals surface area (Å²) in [6, 6.07) is 10.8. The summed E-state index contributed by atoms with van der Waals surface area (Å²) in [5.74, 6) is 0.246. The van der Waals surface area contributed by atoms with E-state index in [1.54, 1.807) is 36.8 Å². The van der Waals surface area contributed by atoms with E-state index in [0.29, 0.717) is 18.5 Å². The summed E-state index contributed by atoms with van der Waals surface area (Å²) in [5.41, 5.74) is 12.3. The number of hydrogen-bond acceptors (Lipinski definition) is 6. The first-order valence-electron chi connectivity index (χ1n) is 9.47. The Hall–Kier alpha value is -2.95. The number of aryl methyl sites for hydroxylation is 2. The molecular formula is C20H21F3N6O. The zero-order valence-corrected chi connectivity index (χ0v) is 16.0. The molecule has 3 aromatic rings. The summed E-state index contributed by atoms with van der Waals surface area (Å²) < 4.78 is 44.2. The summed E-state index contributed by atoms with van der Waals surface area (Å²) in [6.07, 6.45) is 1.47. The molecule has 0 aliphatic carbocycles. The topological polar surface area (TPSA) is 76.0 Å². The molecule has 1 aliphatic heterocycles. The summed E-state index contributed by atoms with van der Waals surface area (Å²) in [5, 5.41) is 0. The first-order chi connectivity index (χ1) is 14.5. The fourth-order valence-corrected chi connectivity index (χ4v) is 3.22. The van der Waals surface area contributed by atoms with Crippen LogP contribution in [-0.4, -0.2) is 33.9 Å². The van der Waals surface area contributed by atoms with Crippen LogP contribution < -0.4 is 21.1 Å². The van der Waals surface area contributed by atoms with Gasteiger partial charge < -0.3 is 9.30 Å². The maximum atomic E-state index is 12.5. The third-order valence-corrected chi connectivity index (χ3v) is 4.73. The quantitative estimate of drug-likeness (QED) is 0.548. The largest absolute Gasteiger partial charge is 0.484 e. The van der Waals surface area contributed by atoms with Crippen LogP contribution in [0.4, 0.5) is 13.2 Å². The van der Waals surface area contributed by atoms with Gasteiger partial charge in [-0.3, -0.25) is 4.98 Å². The van der Waals surface area contributed by atoms with Gasteiger partial charge in [0, 0.05) is 25.5 Å². The molecule has 3 N–H and O–H groups in total. The predicted octanol–water partition coefficient (Wildman–Crippen LogP) is 2.78. The van der Waals surface area contributed by atoms with Crippen LogP contribution in [0.1, 0.15) is 17.2 Å². The van der Waals surface area contributed by atoms with Gasteiger partial charge in [-0.15, -0.1) is 0 Å². The number of alkyl halides is 3. The first-order valence-corrected chi connectivity index (χ1v) is 9.47. The molecule has 0 radical (unpaired) electrons. The molecule has 0 amide bonds. The van der Waals surface area contributed by atoms with E-state index in [2.05, 4.69) is 26.4 Å². The van der Waals surface area contributed by atoms with Crippen molar-refractivity contribution in [1.82, 2.24) is 30.9 Å². The second kappa shape index (κ2) is 8.82. The number of para-hydroxylation sites is 1. The molecule has 10 heteroatoms. The molecule has 7 nitrogen and oxygen atoms in total. The molecule has 3 heterocycles. The van der Waals surface area contributed by atoms with Crippen LogP contribution in [0.2, 0.25) is 0 Å². The Morgan fingerprint density at radius 2 is 2.00 bits per heavy atom. The molecule has 0 spiro atoms. The smallest absolute Gasteiger partial charge is 0.422 e. The molecule has 1 saturated heterocycles. The predicted molar refractivity (Wildman–Crippen MR) is 104 cm³/mol. The average molecular weight is 418 g/mol. The highest BCUT2D eigenvalue weighted by Crippen LogP contribution is 2.24. The number of ether oxygens (including phenoxy) is 1. The Balaban J connectivity index is 1.42. The van der Waals surface area contributed by atoms with Crippen molar-refractivity contribution in [1.29, 1.82) is 0 Å². The van der Waals surface area contributed by atoms with Crippen LogP contribution in [0.15, 0.2) is 55.1 Å². The van der Waals surface area contributed by atoms with Crippen LogP contribution in [0, 0.1) is 0 Å². The standard InChI is InChI=1S/C20H21F3N6O/c21-20(22,23)12-30-19-4-2-1-3-14(19)6-8-29-11-18(25-13-29)16-9-15(5-7-24-16)17-10-26-28-27-17/h1-5,7,9,11,13,17,26-28H,6,8,10,12H2. The van der Waals surface area contributed by atoms with Crippen molar-refractivity contribution in [3.63, 3.8) is 0 Å². The number of nitrogens with one attached hydrogen (secondary N) is 3. The third kappa shape index (κ3) is 5.15. The van der Waals surface area contributed by atoms with Crippen molar-refractivity contribution in [2.24, 2.45) is 0 Å². The molecule has 0 saturated carbocycles. The Labute approximate surface area is 171 Å². The van der Waals surface area contributed by atoms with E-state index in [4.69, 9.17) is 4.74 Å². The lowest BCUT2D eigenvalue weighted by molar-refractivity contribution is -0.153. The molecule has 1 unspecified atom stereocenters. The molecule has 1 aliphatic rings. The van der Waals surface area contributed by atoms with Gasteiger partial charge in [0.05, 0.1) is 18.1 Å². The van der Waals surface area contributed by atoms with Gasteiger partial charge in [-0.1, -0.05) is 18.2 Å². The number of pyridine rings is 1. The van der Waals surface area contributed by atoms with Gasteiger partial charge >= 0.3 is 6.18 Å². The van der Waals surface area contributed by atoms with Gasteiger partial charge in [-0.05, 0) is 35.7 Å². The third-order valence-electron chi connectivity index (χ3n) is 4.73. The molecule has 4 rings (SSSR count). The SMILES string of the molecule is FC(F)(F)COc1ccccc1CCn1cnc(-c2cc(C3CNNN3)ccn2)c1. The number of aromatic nitrogens is 3. The Bertz CT molecular complexity index is 984. The Kier molecular flexibility index (Phi) is 5.98. The zero-order valence-electron chi connectivity index (χ0n) is 16.0. The lowest BCUT2D eigenvalue weighted by atomic mass is 10.1. The molecule has 158 valence electrons. The van der Waals surface area contributed by atoms with E-state index >= 15 is 0 Å². The van der Waals surface area contributed by atoms with Crippen molar-refractivity contribution in [3.05, 3.63) is 66.2 Å². The number of imidazole rings is 1. The zero-order chi connectivity index (χ0) is 21.0. The molecule has 0 bridgehead atoms. The average Bonchev–Trinajstić information content (AvgIpc) is 3.43. The van der Waals surface area contributed by atoms with Gasteiger partial charge in [0.1, 0.15) is 11.4 Å². The van der Waals surface area contributed by atoms with Crippen LogP contribution in [0.25, 0.3) is 11.4 Å². The van der Waals surface area contributed by atoms with E-state index in [1.807, 2.05) is 22.9 Å². The van der Waals surface area contributed by atoms with E-state index in [1.165, 1.54) is 0 Å². The summed E-state index contributed by atoms with van der Waals surface area (Å²) in [7, 11) is 0. The van der Waals surface area contributed by atoms with Crippen molar-refractivity contribution in [3.8, 4) is 17.1 Å². The number of benzene rings is 1. The van der Waals surface area contributed by atoms with Gasteiger partial charge in [-0.2, -0.15) is 18.7 Å². The number of rotatable bonds is 7. The first kappa shape index (κ1) is 20.3. The highest BCUT2D eigenvalue weighted by atomic mass is 19.4. The van der Waals surface area contributed by atoms with Crippen LogP contribution in [0.5, 0.6) is 5.75 Å². The van der Waals surface area contributed by atoms with Crippen LogP contribution in [0.3, 0.4) is 0 Å². The number of hydrogen-bond donors (Lipinski definition) is 3. The van der Waals surface area contributed by atoms with Crippen molar-refractivity contribution < 1.29 is 17.9 Å². The summed E-state index contributed by atoms with van der Waals surface area (Å²) in [4.78, 5) is 8.83. The number of halogens is 3. The minimum atomic E-state index is -4.37. The fourth-order valence-electron chi connectivity index (χ4n) is 3.22. The Morgan fingerprint density at radius 1 is 1.13 bits per heavy atom. The maximum absolute atomic E-state index is 12.5. The molecule has 1 atom stereocenters. The second-order valence-corrected chi connectivity index (χ2v) is 6.94. The number of nitrogens with zero attached hydrogens (tertiary/aromatic N) is 3. The van der Waals surface area contributed by atoms with Gasteiger partial charge in [0.25, 0.3) is 0 Å². The lowest BCUT2D eigenvalue weighted by Gasteiger charge is -2.13. The molecule has 30 heavy (non-hydrogen) atoms. The van der Waals surface area contributed by atoms with E-state index < -0.39 is 12.8 Å². The Morgan fingerprint density at radius 3 is 2.80 bits per heavy atom. The molecule has 1 fully saturated rings. The van der Waals surface area contributed by atoms with Crippen LogP contribution >= 0.6 is 0 Å². The molecule has 1 aromatic carbocycles. The van der Waals surface area contributed by atoms with Crippen molar-refractivity contribution in [2.75, 3.05) is 13.2 Å². The summed E-state index contributed by atoms with van der Waals surface area (Å²) >= 11 is 0. The van der Waals surface area contributed by atoms with Gasteiger partial charge in [0.15, 0.2) is 6.61 Å². The fraction of sp³-hybridized carbons (Fsp3) is 0.300. The van der Waals surface area contributed by atoms with Gasteiger partial charge in [0.2, 0.25) is 0 Å². The minimum absolute atomic E-state index is 0.141. The monoisotopic (exact) mass is 418 g/mol.